The Kier molecular flexibility index (Phi) is 2.69. The minimum Gasteiger partial charge on any atom is -0.492 e. The van der Waals surface area contributed by atoms with E-state index in [-0.39, 0.29) is 5.69 Å². The van der Waals surface area contributed by atoms with E-state index in [1.54, 1.807) is 7.05 Å². The molecular formula is C17H14N2O3. The van der Waals surface area contributed by atoms with Gasteiger partial charge in [-0.1, -0.05) is 30.3 Å². The topological polar surface area (TPSA) is 64.4 Å². The molecule has 1 N–H and O–H groups in total. The zero-order valence-corrected chi connectivity index (χ0v) is 12.0. The maximum Gasteiger partial charge on any atom is 0.354 e. The summed E-state index contributed by atoms with van der Waals surface area (Å²) in [7, 11) is 1.67. The van der Waals surface area contributed by atoms with Gasteiger partial charge >= 0.3 is 5.97 Å². The average Bonchev–Trinajstić information content (AvgIpc) is 2.73. The Morgan fingerprint density at radius 1 is 1.27 bits per heavy atom. The van der Waals surface area contributed by atoms with Crippen LogP contribution < -0.4 is 4.74 Å². The quantitative estimate of drug-likeness (QED) is 0.749. The van der Waals surface area contributed by atoms with Crippen LogP contribution in [0.25, 0.3) is 22.0 Å². The molecule has 4 rings (SSSR count). The molecule has 5 nitrogen and oxygen atoms in total. The van der Waals surface area contributed by atoms with Gasteiger partial charge in [0.1, 0.15) is 17.1 Å². The number of benzene rings is 2. The van der Waals surface area contributed by atoms with E-state index in [2.05, 4.69) is 5.10 Å². The SMILES string of the molecule is Cn1nc2c(c1C(=O)O)CCOc1c-2ccc2ccccc12. The van der Waals surface area contributed by atoms with Gasteiger partial charge in [0.15, 0.2) is 0 Å². The van der Waals surface area contributed by atoms with Crippen molar-refractivity contribution >= 4 is 16.7 Å². The van der Waals surface area contributed by atoms with Gasteiger partial charge in [0, 0.05) is 30.0 Å². The molecule has 22 heavy (non-hydrogen) atoms. The molecule has 0 spiro atoms. The summed E-state index contributed by atoms with van der Waals surface area (Å²) in [4.78, 5) is 11.5. The number of nitrogens with zero attached hydrogens (tertiary/aromatic N) is 2. The van der Waals surface area contributed by atoms with Crippen molar-refractivity contribution < 1.29 is 14.6 Å². The fourth-order valence-electron chi connectivity index (χ4n) is 3.13. The molecule has 0 fully saturated rings. The van der Waals surface area contributed by atoms with E-state index in [0.717, 1.165) is 27.6 Å². The number of ether oxygens (including phenoxy) is 1. The Balaban J connectivity index is 2.05. The summed E-state index contributed by atoms with van der Waals surface area (Å²) in [6.45, 7) is 0.444. The Hall–Kier alpha value is -2.82. The normalized spacial score (nSPS) is 13.1. The first-order chi connectivity index (χ1) is 10.7. The molecule has 1 aromatic heterocycles. The molecule has 1 aliphatic heterocycles. The van der Waals surface area contributed by atoms with Gasteiger partial charge in [0.25, 0.3) is 0 Å². The number of fused-ring (bicyclic) bond motifs is 5. The van der Waals surface area contributed by atoms with Crippen molar-refractivity contribution in [3.8, 4) is 17.0 Å². The molecule has 3 aromatic rings. The van der Waals surface area contributed by atoms with Crippen molar-refractivity contribution in [1.29, 1.82) is 0 Å². The minimum absolute atomic E-state index is 0.236. The zero-order valence-electron chi connectivity index (χ0n) is 12.0. The number of carboxylic acid groups (broad SMARTS) is 1. The predicted octanol–water partition coefficient (Wildman–Crippen LogP) is 2.87. The third-order valence-electron chi connectivity index (χ3n) is 4.08. The Morgan fingerprint density at radius 3 is 2.91 bits per heavy atom. The molecule has 0 bridgehead atoms. The molecule has 0 unspecified atom stereocenters. The number of aromatic carboxylic acids is 1. The van der Waals surface area contributed by atoms with Crippen LogP contribution in [0.15, 0.2) is 36.4 Å². The summed E-state index contributed by atoms with van der Waals surface area (Å²) in [5.74, 6) is -0.174. The molecule has 0 atom stereocenters. The fraction of sp³-hybridized carbons (Fsp3) is 0.176. The van der Waals surface area contributed by atoms with E-state index in [9.17, 15) is 9.90 Å². The van der Waals surface area contributed by atoms with Gasteiger partial charge < -0.3 is 9.84 Å². The Bertz CT molecular complexity index is 912. The van der Waals surface area contributed by atoms with Crippen LogP contribution in [0.1, 0.15) is 16.1 Å². The van der Waals surface area contributed by atoms with Gasteiger partial charge in [-0.2, -0.15) is 5.10 Å². The highest BCUT2D eigenvalue weighted by molar-refractivity contribution is 5.97. The molecule has 0 saturated carbocycles. The minimum atomic E-state index is -0.958. The number of aryl methyl sites for hydroxylation is 1. The summed E-state index contributed by atoms with van der Waals surface area (Å²) in [6, 6.07) is 12.0. The number of hydrogen-bond acceptors (Lipinski definition) is 3. The van der Waals surface area contributed by atoms with Gasteiger partial charge in [-0.25, -0.2) is 4.79 Å². The van der Waals surface area contributed by atoms with Crippen LogP contribution in [0, 0.1) is 0 Å². The first-order valence-corrected chi connectivity index (χ1v) is 7.11. The second-order valence-electron chi connectivity index (χ2n) is 5.37. The van der Waals surface area contributed by atoms with E-state index in [4.69, 9.17) is 4.74 Å². The summed E-state index contributed by atoms with van der Waals surface area (Å²) in [5, 5.41) is 16.0. The Morgan fingerprint density at radius 2 is 2.09 bits per heavy atom. The maximum absolute atomic E-state index is 11.5. The number of hydrogen-bond donors (Lipinski definition) is 1. The molecule has 2 aromatic carbocycles. The maximum atomic E-state index is 11.5. The second kappa shape index (κ2) is 4.59. The lowest BCUT2D eigenvalue weighted by Gasteiger charge is -2.10. The van der Waals surface area contributed by atoms with Crippen LogP contribution in [0.5, 0.6) is 5.75 Å². The van der Waals surface area contributed by atoms with Crippen molar-refractivity contribution in [3.05, 3.63) is 47.7 Å². The second-order valence-corrected chi connectivity index (χ2v) is 5.37. The van der Waals surface area contributed by atoms with E-state index in [1.165, 1.54) is 4.68 Å². The van der Waals surface area contributed by atoms with Crippen LogP contribution in [-0.2, 0) is 13.5 Å². The number of aromatic nitrogens is 2. The largest absolute Gasteiger partial charge is 0.492 e. The van der Waals surface area contributed by atoms with Gasteiger partial charge in [-0.15, -0.1) is 0 Å². The highest BCUT2D eigenvalue weighted by atomic mass is 16.5. The first kappa shape index (κ1) is 12.9. The van der Waals surface area contributed by atoms with Crippen LogP contribution in [-0.4, -0.2) is 27.5 Å². The molecule has 0 radical (unpaired) electrons. The molecule has 2 heterocycles. The lowest BCUT2D eigenvalue weighted by Crippen LogP contribution is -2.10. The summed E-state index contributed by atoms with van der Waals surface area (Å²) >= 11 is 0. The van der Waals surface area contributed by atoms with Crippen LogP contribution in [0.2, 0.25) is 0 Å². The van der Waals surface area contributed by atoms with Gasteiger partial charge in [0.2, 0.25) is 0 Å². The van der Waals surface area contributed by atoms with Crippen molar-refractivity contribution in [3.63, 3.8) is 0 Å². The number of carbonyl (C=O) groups is 1. The number of rotatable bonds is 1. The lowest BCUT2D eigenvalue weighted by atomic mass is 10.00. The highest BCUT2D eigenvalue weighted by Gasteiger charge is 2.27. The van der Waals surface area contributed by atoms with Crippen LogP contribution in [0.4, 0.5) is 0 Å². The van der Waals surface area contributed by atoms with Gasteiger partial charge in [0.05, 0.1) is 6.61 Å². The Labute approximate surface area is 126 Å². The standard InChI is InChI=1S/C17H14N2O3/c1-19-15(17(20)21)12-8-9-22-16-11-5-3-2-4-10(11)6-7-13(16)14(12)18-19/h2-7H,8-9H2,1H3,(H,20,21). The van der Waals surface area contributed by atoms with E-state index in [0.29, 0.717) is 18.7 Å². The third-order valence-corrected chi connectivity index (χ3v) is 4.08. The molecule has 110 valence electrons. The van der Waals surface area contributed by atoms with E-state index >= 15 is 0 Å². The van der Waals surface area contributed by atoms with Gasteiger partial charge in [-0.05, 0) is 11.5 Å². The van der Waals surface area contributed by atoms with Crippen molar-refractivity contribution in [2.45, 2.75) is 6.42 Å². The average molecular weight is 294 g/mol. The molecule has 1 aliphatic rings. The summed E-state index contributed by atoms with van der Waals surface area (Å²) in [5.41, 5.74) is 2.54. The zero-order chi connectivity index (χ0) is 15.3. The molecule has 0 aliphatic carbocycles. The fourth-order valence-corrected chi connectivity index (χ4v) is 3.13. The van der Waals surface area contributed by atoms with Crippen molar-refractivity contribution in [2.24, 2.45) is 7.05 Å². The smallest absolute Gasteiger partial charge is 0.354 e. The highest BCUT2D eigenvalue weighted by Crippen LogP contribution is 2.40. The van der Waals surface area contributed by atoms with Crippen molar-refractivity contribution in [1.82, 2.24) is 9.78 Å². The summed E-state index contributed by atoms with van der Waals surface area (Å²) in [6.07, 6.45) is 0.536. The summed E-state index contributed by atoms with van der Waals surface area (Å²) < 4.78 is 7.38. The van der Waals surface area contributed by atoms with Gasteiger partial charge in [-0.3, -0.25) is 4.68 Å². The van der Waals surface area contributed by atoms with Crippen LogP contribution in [0.3, 0.4) is 0 Å². The van der Waals surface area contributed by atoms with E-state index < -0.39 is 5.97 Å². The lowest BCUT2D eigenvalue weighted by molar-refractivity contribution is 0.0683. The first-order valence-electron chi connectivity index (χ1n) is 7.11. The molecule has 0 amide bonds. The molecule has 0 saturated heterocycles. The predicted molar refractivity (Wildman–Crippen MR) is 82.3 cm³/mol. The van der Waals surface area contributed by atoms with Crippen molar-refractivity contribution in [2.75, 3.05) is 6.61 Å². The monoisotopic (exact) mass is 294 g/mol. The molecular weight excluding hydrogens is 280 g/mol. The number of carboxylic acids is 1. The molecule has 5 heteroatoms. The third kappa shape index (κ3) is 1.72. The van der Waals surface area contributed by atoms with Crippen LogP contribution >= 0.6 is 0 Å². The van der Waals surface area contributed by atoms with E-state index in [1.807, 2.05) is 36.4 Å².